The molecule has 33 heavy (non-hydrogen) atoms. The summed E-state index contributed by atoms with van der Waals surface area (Å²) in [6, 6.07) is 13.8. The summed E-state index contributed by atoms with van der Waals surface area (Å²) < 4.78 is 15.3. The molecule has 2 aliphatic heterocycles. The van der Waals surface area contributed by atoms with Gasteiger partial charge in [0.2, 0.25) is 0 Å². The number of hydrogen-bond acceptors (Lipinski definition) is 4. The third-order valence-electron chi connectivity index (χ3n) is 6.54. The lowest BCUT2D eigenvalue weighted by atomic mass is 10.0. The molecule has 0 bridgehead atoms. The summed E-state index contributed by atoms with van der Waals surface area (Å²) in [5.41, 5.74) is 2.67. The van der Waals surface area contributed by atoms with Crippen LogP contribution in [0.2, 0.25) is 0 Å². The molecule has 7 nitrogen and oxygen atoms in total. The SMILES string of the molecule is O=C(c1ccc(-c2cccc(F)c2)cc1)N1CCC(n2cc(C(=O)N3CCCC3)nn2)CC1. The summed E-state index contributed by atoms with van der Waals surface area (Å²) in [5.74, 6) is -0.341. The first-order valence-corrected chi connectivity index (χ1v) is 11.4. The molecule has 2 aromatic carbocycles. The topological polar surface area (TPSA) is 71.3 Å². The smallest absolute Gasteiger partial charge is 0.276 e. The van der Waals surface area contributed by atoms with E-state index in [-0.39, 0.29) is 23.7 Å². The molecule has 0 spiro atoms. The molecule has 0 saturated carbocycles. The van der Waals surface area contributed by atoms with Crippen molar-refractivity contribution in [3.05, 3.63) is 71.8 Å². The van der Waals surface area contributed by atoms with Crippen LogP contribution < -0.4 is 0 Å². The van der Waals surface area contributed by atoms with Gasteiger partial charge in [-0.2, -0.15) is 0 Å². The van der Waals surface area contributed by atoms with E-state index >= 15 is 0 Å². The second-order valence-corrected chi connectivity index (χ2v) is 8.69. The van der Waals surface area contributed by atoms with E-state index in [0.29, 0.717) is 24.3 Å². The van der Waals surface area contributed by atoms with Gasteiger partial charge in [0.25, 0.3) is 11.8 Å². The molecule has 2 saturated heterocycles. The van der Waals surface area contributed by atoms with Crippen LogP contribution >= 0.6 is 0 Å². The zero-order valence-electron chi connectivity index (χ0n) is 18.4. The Hall–Kier alpha value is -3.55. The highest BCUT2D eigenvalue weighted by Crippen LogP contribution is 2.25. The minimum Gasteiger partial charge on any atom is -0.338 e. The number of carbonyl (C=O) groups excluding carboxylic acids is 2. The summed E-state index contributed by atoms with van der Waals surface area (Å²) in [7, 11) is 0. The monoisotopic (exact) mass is 447 g/mol. The predicted octanol–water partition coefficient (Wildman–Crippen LogP) is 3.80. The van der Waals surface area contributed by atoms with E-state index in [2.05, 4.69) is 10.3 Å². The molecule has 170 valence electrons. The molecule has 0 aliphatic carbocycles. The van der Waals surface area contributed by atoms with Gasteiger partial charge < -0.3 is 9.80 Å². The standard InChI is InChI=1S/C25H26FN5O2/c26-21-5-3-4-20(16-21)18-6-8-19(9-7-18)24(32)30-14-10-22(11-15-30)31-17-23(27-28-31)25(33)29-12-1-2-13-29/h3-9,16-17,22H,1-2,10-15H2. The molecule has 3 heterocycles. The zero-order valence-corrected chi connectivity index (χ0v) is 18.4. The first-order valence-electron chi connectivity index (χ1n) is 11.4. The maximum Gasteiger partial charge on any atom is 0.276 e. The Bertz CT molecular complexity index is 1150. The lowest BCUT2D eigenvalue weighted by Gasteiger charge is -2.32. The van der Waals surface area contributed by atoms with Gasteiger partial charge in [-0.15, -0.1) is 5.10 Å². The molecule has 2 fully saturated rings. The van der Waals surface area contributed by atoms with Gasteiger partial charge in [0.15, 0.2) is 5.69 Å². The third-order valence-corrected chi connectivity index (χ3v) is 6.54. The molecule has 2 amide bonds. The summed E-state index contributed by atoms with van der Waals surface area (Å²) >= 11 is 0. The van der Waals surface area contributed by atoms with Gasteiger partial charge in [0, 0.05) is 31.7 Å². The first-order chi connectivity index (χ1) is 16.1. The minimum atomic E-state index is -0.282. The Morgan fingerprint density at radius 1 is 0.848 bits per heavy atom. The van der Waals surface area contributed by atoms with Crippen LogP contribution in [0.4, 0.5) is 4.39 Å². The van der Waals surface area contributed by atoms with E-state index in [1.807, 2.05) is 28.0 Å². The highest BCUT2D eigenvalue weighted by atomic mass is 19.1. The first kappa shape index (κ1) is 21.3. The fourth-order valence-corrected chi connectivity index (χ4v) is 4.62. The van der Waals surface area contributed by atoms with Crippen molar-refractivity contribution in [3.63, 3.8) is 0 Å². The van der Waals surface area contributed by atoms with Crippen molar-refractivity contribution in [3.8, 4) is 11.1 Å². The number of nitrogens with zero attached hydrogens (tertiary/aromatic N) is 5. The molecule has 5 rings (SSSR count). The van der Waals surface area contributed by atoms with Gasteiger partial charge >= 0.3 is 0 Å². The van der Waals surface area contributed by atoms with Crippen molar-refractivity contribution in [2.24, 2.45) is 0 Å². The van der Waals surface area contributed by atoms with Gasteiger partial charge in [-0.1, -0.05) is 29.5 Å². The molecule has 8 heteroatoms. The van der Waals surface area contributed by atoms with Crippen molar-refractivity contribution in [2.45, 2.75) is 31.7 Å². The van der Waals surface area contributed by atoms with E-state index in [1.54, 1.807) is 29.1 Å². The van der Waals surface area contributed by atoms with Gasteiger partial charge in [0.05, 0.1) is 12.2 Å². The second-order valence-electron chi connectivity index (χ2n) is 8.69. The van der Waals surface area contributed by atoms with Crippen LogP contribution in [0.3, 0.4) is 0 Å². The van der Waals surface area contributed by atoms with Crippen LogP contribution in [-0.2, 0) is 0 Å². The maximum absolute atomic E-state index is 13.5. The van der Waals surface area contributed by atoms with Crippen molar-refractivity contribution in [2.75, 3.05) is 26.2 Å². The fourth-order valence-electron chi connectivity index (χ4n) is 4.62. The summed E-state index contributed by atoms with van der Waals surface area (Å²) in [5, 5.41) is 8.29. The highest BCUT2D eigenvalue weighted by molar-refractivity contribution is 5.95. The number of hydrogen-bond donors (Lipinski definition) is 0. The Balaban J connectivity index is 1.19. The van der Waals surface area contributed by atoms with Crippen LogP contribution in [0.15, 0.2) is 54.7 Å². The lowest BCUT2D eigenvalue weighted by molar-refractivity contribution is 0.0689. The van der Waals surface area contributed by atoms with Gasteiger partial charge in [-0.3, -0.25) is 9.59 Å². The highest BCUT2D eigenvalue weighted by Gasteiger charge is 2.27. The molecule has 2 aliphatic rings. The number of halogens is 1. The van der Waals surface area contributed by atoms with Crippen molar-refractivity contribution in [1.29, 1.82) is 0 Å². The lowest BCUT2D eigenvalue weighted by Crippen LogP contribution is -2.39. The number of piperidine rings is 1. The van der Waals surface area contributed by atoms with Crippen LogP contribution in [-0.4, -0.2) is 62.8 Å². The molecule has 3 aromatic rings. The van der Waals surface area contributed by atoms with Crippen molar-refractivity contribution < 1.29 is 14.0 Å². The van der Waals surface area contributed by atoms with E-state index in [9.17, 15) is 14.0 Å². The van der Waals surface area contributed by atoms with Gasteiger partial charge in [0.1, 0.15) is 5.82 Å². The molecule has 0 N–H and O–H groups in total. The Labute approximate surface area is 191 Å². The van der Waals surface area contributed by atoms with Crippen LogP contribution in [0.1, 0.15) is 52.6 Å². The van der Waals surface area contributed by atoms with Gasteiger partial charge in [-0.25, -0.2) is 9.07 Å². The average molecular weight is 448 g/mol. The van der Waals surface area contributed by atoms with E-state index in [4.69, 9.17) is 0 Å². The number of carbonyl (C=O) groups is 2. The van der Waals surface area contributed by atoms with Crippen molar-refractivity contribution >= 4 is 11.8 Å². The number of aromatic nitrogens is 3. The fraction of sp³-hybridized carbons (Fsp3) is 0.360. The van der Waals surface area contributed by atoms with Crippen molar-refractivity contribution in [1.82, 2.24) is 24.8 Å². The molecule has 0 atom stereocenters. The van der Waals surface area contributed by atoms with Crippen LogP contribution in [0.5, 0.6) is 0 Å². The maximum atomic E-state index is 13.5. The largest absolute Gasteiger partial charge is 0.338 e. The number of amides is 2. The zero-order chi connectivity index (χ0) is 22.8. The van der Waals surface area contributed by atoms with E-state index in [0.717, 1.165) is 49.9 Å². The quantitative estimate of drug-likeness (QED) is 0.610. The molecular formula is C25H26FN5O2. The summed E-state index contributed by atoms with van der Waals surface area (Å²) in [6.07, 6.45) is 5.34. The van der Waals surface area contributed by atoms with E-state index in [1.165, 1.54) is 12.1 Å². The normalized spacial score (nSPS) is 16.9. The van der Waals surface area contributed by atoms with Crippen LogP contribution in [0, 0.1) is 5.82 Å². The van der Waals surface area contributed by atoms with E-state index < -0.39 is 0 Å². The Morgan fingerprint density at radius 3 is 2.24 bits per heavy atom. The number of benzene rings is 2. The Kier molecular flexibility index (Phi) is 5.90. The minimum absolute atomic E-state index is 0.0114. The number of likely N-dealkylation sites (tertiary alicyclic amines) is 2. The predicted molar refractivity (Wildman–Crippen MR) is 121 cm³/mol. The third kappa shape index (κ3) is 4.51. The van der Waals surface area contributed by atoms with Gasteiger partial charge in [-0.05, 0) is 61.1 Å². The molecule has 0 radical (unpaired) electrons. The Morgan fingerprint density at radius 2 is 1.55 bits per heavy atom. The second kappa shape index (κ2) is 9.13. The average Bonchev–Trinajstić information content (AvgIpc) is 3.56. The summed E-state index contributed by atoms with van der Waals surface area (Å²) in [6.45, 7) is 2.81. The molecule has 0 unspecified atom stereocenters. The summed E-state index contributed by atoms with van der Waals surface area (Å²) in [4.78, 5) is 29.2. The van der Waals surface area contributed by atoms with Crippen LogP contribution in [0.25, 0.3) is 11.1 Å². The number of rotatable bonds is 4. The molecule has 1 aromatic heterocycles. The molecular weight excluding hydrogens is 421 g/mol.